The normalized spacial score (nSPS) is 19.4. The molecule has 2 heterocycles. The Morgan fingerprint density at radius 3 is 2.54 bits per heavy atom. The van der Waals surface area contributed by atoms with Crippen molar-refractivity contribution < 1.29 is 18.8 Å². The Balaban J connectivity index is 1.73. The van der Waals surface area contributed by atoms with Crippen molar-refractivity contribution >= 4 is 23.7 Å². The molecule has 4 amide bonds. The number of aryl methyl sites for hydroxylation is 1. The molecule has 0 bridgehead atoms. The first-order valence-electron chi connectivity index (χ1n) is 7.92. The van der Waals surface area contributed by atoms with Crippen LogP contribution in [0.5, 0.6) is 0 Å². The van der Waals surface area contributed by atoms with Crippen LogP contribution in [0.2, 0.25) is 0 Å². The van der Waals surface area contributed by atoms with E-state index in [1.807, 2.05) is 6.92 Å². The largest absolute Gasteiger partial charge is 0.325 e. The molecular formula is C18H17FN4O3. The van der Waals surface area contributed by atoms with Gasteiger partial charge in [-0.3, -0.25) is 14.5 Å². The van der Waals surface area contributed by atoms with Gasteiger partial charge in [-0.2, -0.15) is 0 Å². The molecular weight excluding hydrogens is 339 g/mol. The van der Waals surface area contributed by atoms with E-state index in [1.54, 1.807) is 18.3 Å². The van der Waals surface area contributed by atoms with E-state index in [2.05, 4.69) is 15.6 Å². The highest BCUT2D eigenvalue weighted by atomic mass is 19.1. The number of urea groups is 1. The Morgan fingerprint density at radius 2 is 1.92 bits per heavy atom. The molecule has 2 aromatic rings. The van der Waals surface area contributed by atoms with Crippen molar-refractivity contribution in [2.75, 3.05) is 11.9 Å². The van der Waals surface area contributed by atoms with Gasteiger partial charge in [0, 0.05) is 6.20 Å². The molecule has 7 nitrogen and oxygen atoms in total. The molecule has 1 fully saturated rings. The number of amides is 4. The number of carbonyl (C=O) groups excluding carboxylic acids is 3. The van der Waals surface area contributed by atoms with Crippen molar-refractivity contribution in [1.29, 1.82) is 0 Å². The van der Waals surface area contributed by atoms with Gasteiger partial charge in [-0.25, -0.2) is 14.2 Å². The second-order valence-electron chi connectivity index (χ2n) is 6.22. The van der Waals surface area contributed by atoms with Gasteiger partial charge in [-0.1, -0.05) is 18.2 Å². The molecule has 26 heavy (non-hydrogen) atoms. The summed E-state index contributed by atoms with van der Waals surface area (Å²) in [5, 5.41) is 5.10. The molecule has 0 aliphatic carbocycles. The number of hydrogen-bond acceptors (Lipinski definition) is 4. The van der Waals surface area contributed by atoms with E-state index in [1.165, 1.54) is 31.2 Å². The molecule has 2 N–H and O–H groups in total. The summed E-state index contributed by atoms with van der Waals surface area (Å²) in [7, 11) is 0. The standard InChI is InChI=1S/C18H17FN4O3/c1-11-3-8-14(20-9-11)21-15(24)10-23-16(25)18(2,22-17(23)26)12-4-6-13(19)7-5-12/h3-9H,10H2,1-2H3,(H,22,26)(H,20,21,24)/t18-/m0/s1. The Bertz CT molecular complexity index is 867. The summed E-state index contributed by atoms with van der Waals surface area (Å²) in [4.78, 5) is 41.9. The second kappa shape index (κ2) is 6.55. The number of aromatic nitrogens is 1. The van der Waals surface area contributed by atoms with Crippen LogP contribution in [0.4, 0.5) is 15.0 Å². The van der Waals surface area contributed by atoms with Crippen LogP contribution in [0.1, 0.15) is 18.1 Å². The number of imide groups is 1. The van der Waals surface area contributed by atoms with Crippen molar-refractivity contribution in [1.82, 2.24) is 15.2 Å². The summed E-state index contributed by atoms with van der Waals surface area (Å²) in [5.74, 6) is -1.25. The van der Waals surface area contributed by atoms with Crippen LogP contribution < -0.4 is 10.6 Å². The summed E-state index contributed by atoms with van der Waals surface area (Å²) in [6.45, 7) is 2.93. The Labute approximate surface area is 149 Å². The van der Waals surface area contributed by atoms with Crippen LogP contribution in [0.15, 0.2) is 42.6 Å². The highest BCUT2D eigenvalue weighted by Gasteiger charge is 2.49. The third-order valence-corrected chi connectivity index (χ3v) is 4.18. The van der Waals surface area contributed by atoms with Crippen LogP contribution in [-0.2, 0) is 15.1 Å². The van der Waals surface area contributed by atoms with Gasteiger partial charge in [0.25, 0.3) is 5.91 Å². The average molecular weight is 356 g/mol. The molecule has 0 unspecified atom stereocenters. The van der Waals surface area contributed by atoms with Crippen LogP contribution in [0, 0.1) is 12.7 Å². The lowest BCUT2D eigenvalue weighted by Gasteiger charge is -2.22. The first-order chi connectivity index (χ1) is 12.3. The minimum atomic E-state index is -1.35. The molecule has 1 aromatic heterocycles. The molecule has 0 saturated carbocycles. The predicted octanol–water partition coefficient (Wildman–Crippen LogP) is 1.93. The van der Waals surface area contributed by atoms with Crippen molar-refractivity contribution in [3.05, 3.63) is 59.5 Å². The van der Waals surface area contributed by atoms with Gasteiger partial charge in [0.05, 0.1) is 0 Å². The first kappa shape index (κ1) is 17.5. The van der Waals surface area contributed by atoms with Gasteiger partial charge in [0.2, 0.25) is 5.91 Å². The molecule has 1 saturated heterocycles. The van der Waals surface area contributed by atoms with Crippen molar-refractivity contribution in [2.45, 2.75) is 19.4 Å². The van der Waals surface area contributed by atoms with E-state index in [-0.39, 0.29) is 0 Å². The zero-order valence-corrected chi connectivity index (χ0v) is 14.2. The fourth-order valence-electron chi connectivity index (χ4n) is 2.69. The third kappa shape index (κ3) is 3.26. The fourth-order valence-corrected chi connectivity index (χ4v) is 2.69. The van der Waals surface area contributed by atoms with Crippen LogP contribution in [0.3, 0.4) is 0 Å². The molecule has 134 valence electrons. The van der Waals surface area contributed by atoms with Crippen molar-refractivity contribution in [3.63, 3.8) is 0 Å². The smallest absolute Gasteiger partial charge is 0.319 e. The van der Waals surface area contributed by atoms with E-state index in [9.17, 15) is 18.8 Å². The molecule has 3 rings (SSSR count). The predicted molar refractivity (Wildman–Crippen MR) is 91.6 cm³/mol. The average Bonchev–Trinajstić information content (AvgIpc) is 2.82. The van der Waals surface area contributed by atoms with Gasteiger partial charge >= 0.3 is 6.03 Å². The Morgan fingerprint density at radius 1 is 1.23 bits per heavy atom. The Kier molecular flexibility index (Phi) is 4.41. The number of halogens is 1. The van der Waals surface area contributed by atoms with Gasteiger partial charge in [0.15, 0.2) is 0 Å². The molecule has 0 spiro atoms. The van der Waals surface area contributed by atoms with Gasteiger partial charge in [0.1, 0.15) is 23.7 Å². The number of rotatable bonds is 4. The summed E-state index contributed by atoms with van der Waals surface area (Å²) in [6.07, 6.45) is 1.59. The van der Waals surface area contributed by atoms with E-state index in [0.717, 1.165) is 10.5 Å². The Hall–Kier alpha value is -3.29. The van der Waals surface area contributed by atoms with E-state index < -0.39 is 35.7 Å². The maximum absolute atomic E-state index is 13.1. The highest BCUT2D eigenvalue weighted by Crippen LogP contribution is 2.28. The molecule has 1 atom stereocenters. The summed E-state index contributed by atoms with van der Waals surface area (Å²) >= 11 is 0. The summed E-state index contributed by atoms with van der Waals surface area (Å²) in [5.41, 5.74) is 0.0141. The number of pyridine rings is 1. The molecule has 1 aromatic carbocycles. The number of carbonyl (C=O) groups is 3. The quantitative estimate of drug-likeness (QED) is 0.819. The molecule has 1 aliphatic heterocycles. The summed E-state index contributed by atoms with van der Waals surface area (Å²) in [6, 6.07) is 7.98. The monoisotopic (exact) mass is 356 g/mol. The first-order valence-corrected chi connectivity index (χ1v) is 7.92. The van der Waals surface area contributed by atoms with E-state index in [4.69, 9.17) is 0 Å². The van der Waals surface area contributed by atoms with E-state index in [0.29, 0.717) is 11.4 Å². The topological polar surface area (TPSA) is 91.4 Å². The lowest BCUT2D eigenvalue weighted by Crippen LogP contribution is -2.42. The van der Waals surface area contributed by atoms with E-state index >= 15 is 0 Å². The number of nitrogens with zero attached hydrogens (tertiary/aromatic N) is 2. The van der Waals surface area contributed by atoms with Crippen LogP contribution in [0.25, 0.3) is 0 Å². The second-order valence-corrected chi connectivity index (χ2v) is 6.22. The number of benzene rings is 1. The van der Waals surface area contributed by atoms with Gasteiger partial charge < -0.3 is 10.6 Å². The minimum absolute atomic E-state index is 0.328. The SMILES string of the molecule is Cc1ccc(NC(=O)CN2C(=O)N[C@@](C)(c3ccc(F)cc3)C2=O)nc1. The maximum atomic E-state index is 13.1. The van der Waals surface area contributed by atoms with Crippen molar-refractivity contribution in [2.24, 2.45) is 0 Å². The number of nitrogens with one attached hydrogen (secondary N) is 2. The summed E-state index contributed by atoms with van der Waals surface area (Å²) < 4.78 is 13.1. The maximum Gasteiger partial charge on any atom is 0.325 e. The molecule has 1 aliphatic rings. The van der Waals surface area contributed by atoms with Crippen molar-refractivity contribution in [3.8, 4) is 0 Å². The van der Waals surface area contributed by atoms with Crippen LogP contribution in [-0.4, -0.2) is 34.3 Å². The zero-order valence-electron chi connectivity index (χ0n) is 14.2. The minimum Gasteiger partial charge on any atom is -0.319 e. The highest BCUT2D eigenvalue weighted by molar-refractivity contribution is 6.10. The third-order valence-electron chi connectivity index (χ3n) is 4.18. The lowest BCUT2D eigenvalue weighted by molar-refractivity contribution is -0.133. The van der Waals surface area contributed by atoms with Crippen LogP contribution >= 0.6 is 0 Å². The fraction of sp³-hybridized carbons (Fsp3) is 0.222. The number of hydrogen-bond donors (Lipinski definition) is 2. The lowest BCUT2D eigenvalue weighted by atomic mass is 9.92. The van der Waals surface area contributed by atoms with Gasteiger partial charge in [-0.15, -0.1) is 0 Å². The zero-order chi connectivity index (χ0) is 18.9. The molecule has 8 heteroatoms. The molecule has 0 radical (unpaired) electrons. The number of anilines is 1. The van der Waals surface area contributed by atoms with Gasteiger partial charge in [-0.05, 0) is 43.2 Å².